The van der Waals surface area contributed by atoms with E-state index in [1.54, 1.807) is 0 Å². The number of aliphatic imine (C=N–C) groups is 1. The molecule has 0 spiro atoms. The average molecular weight is 650 g/mol. The average Bonchev–Trinajstić information content (AvgIpc) is 2.86. The molecule has 43 heavy (non-hydrogen) atoms. The van der Waals surface area contributed by atoms with Gasteiger partial charge in [0.05, 0.1) is 12.8 Å². The Morgan fingerprint density at radius 3 is 1.14 bits per heavy atom. The van der Waals surface area contributed by atoms with E-state index >= 15 is 0 Å². The minimum Gasteiger partial charge on any atom is -0.481 e. The van der Waals surface area contributed by atoms with Crippen LogP contribution in [0, 0.1) is 0 Å². The molecule has 22 N–H and O–H groups in total. The topological polar surface area (TPSA) is 461 Å². The summed E-state index contributed by atoms with van der Waals surface area (Å²) in [6, 6.07) is -4.82. The number of carbonyl (C=O) groups is 7. The fourth-order valence-corrected chi connectivity index (χ4v) is 1.46. The summed E-state index contributed by atoms with van der Waals surface area (Å²) in [5.41, 5.74) is 39.5. The number of carboxylic acids is 6. The summed E-state index contributed by atoms with van der Waals surface area (Å²) >= 11 is 3.65. The van der Waals surface area contributed by atoms with E-state index in [4.69, 9.17) is 70.8 Å². The predicted molar refractivity (Wildman–Crippen MR) is 154 cm³/mol. The number of guanidine groups is 1. The number of aliphatic carboxylic acids is 6. The molecule has 0 aromatic heterocycles. The van der Waals surface area contributed by atoms with Gasteiger partial charge in [-0.25, -0.2) is 0 Å². The molecule has 0 aliphatic carbocycles. The molecule has 0 rings (SSSR count). The summed E-state index contributed by atoms with van der Waals surface area (Å²) in [5.74, 6) is -7.18. The van der Waals surface area contributed by atoms with E-state index in [2.05, 4.69) is 23.4 Å². The van der Waals surface area contributed by atoms with Crippen LogP contribution in [0.3, 0.4) is 0 Å². The van der Waals surface area contributed by atoms with Crippen LogP contribution in [0.2, 0.25) is 0 Å². The summed E-state index contributed by atoms with van der Waals surface area (Å²) in [4.78, 5) is 72.7. The van der Waals surface area contributed by atoms with Crippen LogP contribution in [0.4, 0.5) is 0 Å². The Labute approximate surface area is 250 Å². The molecule has 0 bridgehead atoms. The van der Waals surface area contributed by atoms with Crippen molar-refractivity contribution in [2.75, 3.05) is 12.3 Å². The van der Waals surface area contributed by atoms with Gasteiger partial charge in [0.25, 0.3) is 0 Å². The summed E-state index contributed by atoms with van der Waals surface area (Å²) in [6.45, 7) is 1.84. The summed E-state index contributed by atoms with van der Waals surface area (Å²) in [6.07, 6.45) is 0.113. The number of carbonyl (C=O) groups excluding carboxylic acids is 1. The molecular weight excluding hydrogens is 606 g/mol. The Kier molecular flexibility index (Phi) is 32.9. The molecule has 0 heterocycles. The van der Waals surface area contributed by atoms with Crippen LogP contribution in [-0.4, -0.2) is 121 Å². The van der Waals surface area contributed by atoms with Crippen molar-refractivity contribution in [1.82, 2.24) is 0 Å². The number of primary amides is 1. The van der Waals surface area contributed by atoms with Gasteiger partial charge < -0.3 is 76.5 Å². The number of rotatable bonds is 14. The molecule has 0 fully saturated rings. The second kappa shape index (κ2) is 29.2. The molecule has 0 aliphatic heterocycles. The number of hydrogen-bond donors (Lipinski definition) is 15. The van der Waals surface area contributed by atoms with Crippen molar-refractivity contribution in [1.29, 1.82) is 0 Å². The molecule has 0 aromatic carbocycles. The quantitative estimate of drug-likeness (QED) is 0.0360. The molecule has 0 radical (unpaired) electrons. The molecule has 22 nitrogen and oxygen atoms in total. The fourth-order valence-electron chi connectivity index (χ4n) is 1.30. The molecule has 0 saturated carbocycles. The number of carboxylic acid groups (broad SMARTS) is 6. The Morgan fingerprint density at radius 1 is 0.628 bits per heavy atom. The van der Waals surface area contributed by atoms with Crippen molar-refractivity contribution in [2.24, 2.45) is 50.9 Å². The fraction of sp³-hybridized carbons (Fsp3) is 0.600. The van der Waals surface area contributed by atoms with E-state index in [-0.39, 0.29) is 18.1 Å². The second-order valence-electron chi connectivity index (χ2n) is 7.81. The molecule has 5 unspecified atom stereocenters. The number of thiol groups is 1. The molecule has 5 atom stereocenters. The van der Waals surface area contributed by atoms with Crippen LogP contribution in [0.1, 0.15) is 32.6 Å². The third-order valence-corrected chi connectivity index (χ3v) is 4.03. The van der Waals surface area contributed by atoms with Crippen molar-refractivity contribution >= 4 is 60.3 Å². The normalized spacial score (nSPS) is 12.7. The van der Waals surface area contributed by atoms with Crippen LogP contribution in [0.5, 0.6) is 0 Å². The first-order valence-corrected chi connectivity index (χ1v) is 12.2. The van der Waals surface area contributed by atoms with E-state index in [9.17, 15) is 33.6 Å². The van der Waals surface area contributed by atoms with E-state index in [1.165, 1.54) is 6.92 Å². The van der Waals surface area contributed by atoms with Gasteiger partial charge in [-0.15, -0.1) is 0 Å². The maximum atomic E-state index is 10.2. The van der Waals surface area contributed by atoms with Crippen molar-refractivity contribution in [3.05, 3.63) is 0 Å². The van der Waals surface area contributed by atoms with Crippen LogP contribution >= 0.6 is 12.6 Å². The summed E-state index contributed by atoms with van der Waals surface area (Å²) in [7, 11) is 0. The van der Waals surface area contributed by atoms with Crippen molar-refractivity contribution in [2.45, 2.75) is 62.8 Å². The van der Waals surface area contributed by atoms with Gasteiger partial charge in [0.1, 0.15) is 30.2 Å². The smallest absolute Gasteiger partial charge is 0.321 e. The zero-order chi connectivity index (χ0) is 35.5. The van der Waals surface area contributed by atoms with Crippen molar-refractivity contribution in [3.8, 4) is 0 Å². The first-order chi connectivity index (χ1) is 19.4. The largest absolute Gasteiger partial charge is 0.481 e. The Bertz CT molecular complexity index is 872. The van der Waals surface area contributed by atoms with Gasteiger partial charge in [-0.1, -0.05) is 0 Å². The first-order valence-electron chi connectivity index (χ1n) is 11.5. The first kappa shape index (κ1) is 48.4. The second-order valence-corrected chi connectivity index (χ2v) is 8.17. The lowest BCUT2D eigenvalue weighted by Crippen LogP contribution is -2.34. The van der Waals surface area contributed by atoms with E-state index < -0.39 is 78.4 Å². The van der Waals surface area contributed by atoms with Gasteiger partial charge >= 0.3 is 35.8 Å². The third-order valence-electron chi connectivity index (χ3n) is 3.64. The van der Waals surface area contributed by atoms with Crippen LogP contribution in [0.15, 0.2) is 4.99 Å². The van der Waals surface area contributed by atoms with Gasteiger partial charge in [0, 0.05) is 12.3 Å². The highest BCUT2D eigenvalue weighted by atomic mass is 32.1. The highest BCUT2D eigenvalue weighted by Crippen LogP contribution is 1.94. The Hall–Kier alpha value is -4.29. The SMILES string of the molecule is CC(N)C(=O)O.NC(=O)CC(N)C(=O)O.NC(CC(=O)O)C(=O)O.NC(CS)C(=O)O.NC(N)=NCCCC(N)C(=O)O. The highest BCUT2D eigenvalue weighted by molar-refractivity contribution is 7.80. The van der Waals surface area contributed by atoms with Gasteiger partial charge in [0.15, 0.2) is 5.96 Å². The monoisotopic (exact) mass is 649 g/mol. The molecule has 1 amide bonds. The van der Waals surface area contributed by atoms with Gasteiger partial charge in [0.2, 0.25) is 5.91 Å². The van der Waals surface area contributed by atoms with Crippen LogP contribution in [0.25, 0.3) is 0 Å². The molecular formula is C20H43N9O13S. The molecule has 0 aromatic rings. The standard InChI is InChI=1S/C6H14N4O2.C4H8N2O3.C4H7NO4.C3H7NO2S.C3H7NO2/c7-4(5(11)12)2-1-3-10-6(8)9;2*5-2(4(8)9)1-3(6)7;4-2(1-7)3(5)6;1-2(4)3(5)6/h4H,1-3,7H2,(H,11,12)(H4,8,9,10);2H,1,5H2,(H2,6,7)(H,8,9);2H,1,5H2,(H,6,7)(H,8,9);2,7H,1,4H2,(H,5,6);2H,4H2,1H3,(H,5,6). The van der Waals surface area contributed by atoms with Gasteiger partial charge in [-0.3, -0.25) is 38.6 Å². The molecule has 0 aliphatic rings. The van der Waals surface area contributed by atoms with Crippen molar-refractivity contribution in [3.63, 3.8) is 0 Å². The summed E-state index contributed by atoms with van der Waals surface area (Å²) < 4.78 is 0. The lowest BCUT2D eigenvalue weighted by Gasteiger charge is -2.03. The van der Waals surface area contributed by atoms with Crippen molar-refractivity contribution < 1.29 is 64.2 Å². The number of nitrogens with zero attached hydrogens (tertiary/aromatic N) is 1. The number of hydrogen-bond acceptors (Lipinski definition) is 14. The Morgan fingerprint density at radius 2 is 0.977 bits per heavy atom. The van der Waals surface area contributed by atoms with E-state index in [1.807, 2.05) is 0 Å². The zero-order valence-electron chi connectivity index (χ0n) is 23.2. The Balaban J connectivity index is -0.000000143. The number of amides is 1. The van der Waals surface area contributed by atoms with Crippen LogP contribution < -0.4 is 45.9 Å². The lowest BCUT2D eigenvalue weighted by molar-refractivity contribution is -0.144. The van der Waals surface area contributed by atoms with Gasteiger partial charge in [-0.05, 0) is 19.8 Å². The number of nitrogens with two attached hydrogens (primary N) is 8. The summed E-state index contributed by atoms with van der Waals surface area (Å²) in [5, 5.41) is 48.4. The van der Waals surface area contributed by atoms with E-state index in [0.29, 0.717) is 19.4 Å². The zero-order valence-corrected chi connectivity index (χ0v) is 24.1. The minimum absolute atomic E-state index is 0.0129. The van der Waals surface area contributed by atoms with E-state index in [0.717, 1.165) is 0 Å². The third kappa shape index (κ3) is 44.9. The minimum atomic E-state index is -1.29. The molecule has 23 heteroatoms. The predicted octanol–water partition coefficient (Wildman–Crippen LogP) is -5.66. The van der Waals surface area contributed by atoms with Crippen LogP contribution in [-0.2, 0) is 33.6 Å². The van der Waals surface area contributed by atoms with Gasteiger partial charge in [-0.2, -0.15) is 12.6 Å². The molecule has 0 saturated heterocycles. The lowest BCUT2D eigenvalue weighted by atomic mass is 10.2. The maximum Gasteiger partial charge on any atom is 0.321 e. The molecule has 252 valence electrons. The maximum absolute atomic E-state index is 10.2. The highest BCUT2D eigenvalue weighted by Gasteiger charge is 2.15.